The van der Waals surface area contributed by atoms with Crippen molar-refractivity contribution in [2.75, 3.05) is 13.2 Å². The van der Waals surface area contributed by atoms with Gasteiger partial charge in [-0.05, 0) is 31.0 Å². The van der Waals surface area contributed by atoms with Crippen molar-refractivity contribution in [3.05, 3.63) is 29.3 Å². The Hall–Kier alpha value is -1.44. The van der Waals surface area contributed by atoms with Gasteiger partial charge in [-0.3, -0.25) is 4.79 Å². The predicted octanol–water partition coefficient (Wildman–Crippen LogP) is -0.245. The van der Waals surface area contributed by atoms with Gasteiger partial charge in [0.05, 0.1) is 4.90 Å². The van der Waals surface area contributed by atoms with Crippen LogP contribution in [-0.4, -0.2) is 32.6 Å². The number of nitrogens with two attached hydrogens (primary N) is 1. The maximum atomic E-state index is 11.8. The number of nitrogens with one attached hydrogen (secondary N) is 1. The molecule has 0 saturated heterocycles. The van der Waals surface area contributed by atoms with E-state index in [1.807, 2.05) is 0 Å². The topological polar surface area (TPSA) is 109 Å². The Bertz CT molecular complexity index is 540. The zero-order valence-corrected chi connectivity index (χ0v) is 10.8. The normalized spacial score (nSPS) is 11.4. The molecule has 4 N–H and O–H groups in total. The molecule has 0 aromatic heterocycles. The summed E-state index contributed by atoms with van der Waals surface area (Å²) < 4.78 is 26.0. The standard InChI is InChI=1S/C11H16N2O4S/c1-8-3-4-9(7-10(8)11(12)15)18(16,17)13-5-2-6-14/h3-4,7,13-14H,2,5-6H2,1H3,(H2,12,15). The first kappa shape index (κ1) is 14.6. The summed E-state index contributed by atoms with van der Waals surface area (Å²) in [5, 5.41) is 8.59. The molecule has 7 heteroatoms. The third kappa shape index (κ3) is 3.52. The van der Waals surface area contributed by atoms with Crippen molar-refractivity contribution < 1.29 is 18.3 Å². The number of carbonyl (C=O) groups excluding carboxylic acids is 1. The lowest BCUT2D eigenvalue weighted by Crippen LogP contribution is -2.26. The fourth-order valence-electron chi connectivity index (χ4n) is 1.40. The van der Waals surface area contributed by atoms with Crippen molar-refractivity contribution in [1.82, 2.24) is 4.72 Å². The Balaban J connectivity index is 3.02. The molecule has 0 aliphatic carbocycles. The van der Waals surface area contributed by atoms with Crippen LogP contribution in [0.5, 0.6) is 0 Å². The van der Waals surface area contributed by atoms with Gasteiger partial charge in [0, 0.05) is 18.7 Å². The molecular weight excluding hydrogens is 256 g/mol. The lowest BCUT2D eigenvalue weighted by Gasteiger charge is -2.08. The zero-order valence-electron chi connectivity index (χ0n) is 10.0. The van der Waals surface area contributed by atoms with Gasteiger partial charge >= 0.3 is 0 Å². The van der Waals surface area contributed by atoms with Crippen LogP contribution in [0.2, 0.25) is 0 Å². The van der Waals surface area contributed by atoms with Crippen molar-refractivity contribution >= 4 is 15.9 Å². The van der Waals surface area contributed by atoms with Crippen LogP contribution in [0.25, 0.3) is 0 Å². The number of aryl methyl sites for hydroxylation is 1. The molecule has 1 rings (SSSR count). The highest BCUT2D eigenvalue weighted by molar-refractivity contribution is 7.89. The fourth-order valence-corrected chi connectivity index (χ4v) is 2.50. The Morgan fingerprint density at radius 3 is 2.67 bits per heavy atom. The van der Waals surface area contributed by atoms with Gasteiger partial charge in [-0.15, -0.1) is 0 Å². The summed E-state index contributed by atoms with van der Waals surface area (Å²) in [5.41, 5.74) is 5.96. The third-order valence-corrected chi connectivity index (χ3v) is 3.87. The van der Waals surface area contributed by atoms with E-state index in [0.29, 0.717) is 12.0 Å². The molecule has 0 aliphatic rings. The first-order chi connectivity index (χ1) is 8.38. The molecule has 1 aromatic carbocycles. The molecule has 0 fully saturated rings. The van der Waals surface area contributed by atoms with Crippen molar-refractivity contribution in [1.29, 1.82) is 0 Å². The number of carbonyl (C=O) groups is 1. The molecule has 6 nitrogen and oxygen atoms in total. The van der Waals surface area contributed by atoms with E-state index in [-0.39, 0.29) is 23.6 Å². The van der Waals surface area contributed by atoms with Crippen LogP contribution >= 0.6 is 0 Å². The molecule has 0 heterocycles. The molecule has 0 atom stereocenters. The molecule has 0 spiro atoms. The Kier molecular flexibility index (Phi) is 4.83. The highest BCUT2D eigenvalue weighted by atomic mass is 32.2. The monoisotopic (exact) mass is 272 g/mol. The van der Waals surface area contributed by atoms with Crippen molar-refractivity contribution in [2.24, 2.45) is 5.73 Å². The quantitative estimate of drug-likeness (QED) is 0.620. The number of rotatable bonds is 6. The third-order valence-electron chi connectivity index (χ3n) is 2.41. The van der Waals surface area contributed by atoms with E-state index in [2.05, 4.69) is 4.72 Å². The van der Waals surface area contributed by atoms with E-state index in [1.54, 1.807) is 6.92 Å². The molecule has 1 aromatic rings. The maximum absolute atomic E-state index is 11.8. The molecule has 0 saturated carbocycles. The predicted molar refractivity (Wildman–Crippen MR) is 66.6 cm³/mol. The van der Waals surface area contributed by atoms with Crippen molar-refractivity contribution in [3.63, 3.8) is 0 Å². The lowest BCUT2D eigenvalue weighted by atomic mass is 10.1. The number of sulfonamides is 1. The smallest absolute Gasteiger partial charge is 0.249 e. The van der Waals surface area contributed by atoms with E-state index in [1.165, 1.54) is 18.2 Å². The lowest BCUT2D eigenvalue weighted by molar-refractivity contribution is 0.0999. The van der Waals surface area contributed by atoms with E-state index < -0.39 is 15.9 Å². The minimum absolute atomic E-state index is 0.0140. The van der Waals surface area contributed by atoms with Crippen LogP contribution < -0.4 is 10.5 Å². The SMILES string of the molecule is Cc1ccc(S(=O)(=O)NCCCO)cc1C(N)=O. The Morgan fingerprint density at radius 1 is 1.44 bits per heavy atom. The minimum atomic E-state index is -3.67. The van der Waals surface area contributed by atoms with E-state index in [4.69, 9.17) is 10.8 Å². The summed E-state index contributed by atoms with van der Waals surface area (Å²) in [7, 11) is -3.67. The van der Waals surface area contributed by atoms with Crippen LogP contribution in [0.4, 0.5) is 0 Å². The fraction of sp³-hybridized carbons (Fsp3) is 0.364. The van der Waals surface area contributed by atoms with Crippen molar-refractivity contribution in [3.8, 4) is 0 Å². The average Bonchev–Trinajstić information content (AvgIpc) is 2.29. The molecule has 0 bridgehead atoms. The van der Waals surface area contributed by atoms with Crippen LogP contribution in [0.1, 0.15) is 22.3 Å². The highest BCUT2D eigenvalue weighted by Crippen LogP contribution is 2.15. The Labute approximate surface area is 106 Å². The summed E-state index contributed by atoms with van der Waals surface area (Å²) in [4.78, 5) is 11.1. The summed E-state index contributed by atoms with van der Waals surface area (Å²) in [6.45, 7) is 1.72. The number of benzene rings is 1. The van der Waals surface area contributed by atoms with Gasteiger partial charge in [-0.2, -0.15) is 0 Å². The van der Waals surface area contributed by atoms with Crippen LogP contribution in [0, 0.1) is 6.92 Å². The van der Waals surface area contributed by atoms with E-state index in [9.17, 15) is 13.2 Å². The average molecular weight is 272 g/mol. The summed E-state index contributed by atoms with van der Waals surface area (Å²) in [5.74, 6) is -0.667. The van der Waals surface area contributed by atoms with Gasteiger partial charge in [-0.1, -0.05) is 6.07 Å². The van der Waals surface area contributed by atoms with Gasteiger partial charge in [0.1, 0.15) is 0 Å². The number of aliphatic hydroxyl groups excluding tert-OH is 1. The van der Waals surface area contributed by atoms with Gasteiger partial charge in [-0.25, -0.2) is 13.1 Å². The maximum Gasteiger partial charge on any atom is 0.249 e. The largest absolute Gasteiger partial charge is 0.396 e. The number of hydrogen-bond donors (Lipinski definition) is 3. The first-order valence-corrected chi connectivity index (χ1v) is 6.88. The molecule has 0 unspecified atom stereocenters. The van der Waals surface area contributed by atoms with Gasteiger partial charge in [0.15, 0.2) is 0 Å². The number of aliphatic hydroxyl groups is 1. The highest BCUT2D eigenvalue weighted by Gasteiger charge is 2.16. The second kappa shape index (κ2) is 5.94. The van der Waals surface area contributed by atoms with Gasteiger partial charge < -0.3 is 10.8 Å². The molecule has 18 heavy (non-hydrogen) atoms. The molecule has 100 valence electrons. The number of hydrogen-bond acceptors (Lipinski definition) is 4. The minimum Gasteiger partial charge on any atom is -0.396 e. The molecule has 0 radical (unpaired) electrons. The van der Waals surface area contributed by atoms with E-state index in [0.717, 1.165) is 0 Å². The van der Waals surface area contributed by atoms with Gasteiger partial charge in [0.2, 0.25) is 15.9 Å². The van der Waals surface area contributed by atoms with E-state index >= 15 is 0 Å². The number of primary amides is 1. The second-order valence-corrected chi connectivity index (χ2v) is 5.58. The van der Waals surface area contributed by atoms with Crippen LogP contribution in [0.3, 0.4) is 0 Å². The first-order valence-electron chi connectivity index (χ1n) is 5.39. The van der Waals surface area contributed by atoms with Gasteiger partial charge in [0.25, 0.3) is 0 Å². The summed E-state index contributed by atoms with van der Waals surface area (Å²) >= 11 is 0. The number of amides is 1. The molecular formula is C11H16N2O4S. The Morgan fingerprint density at radius 2 is 2.11 bits per heavy atom. The van der Waals surface area contributed by atoms with Crippen LogP contribution in [0.15, 0.2) is 23.1 Å². The zero-order chi connectivity index (χ0) is 13.8. The van der Waals surface area contributed by atoms with Crippen LogP contribution in [-0.2, 0) is 10.0 Å². The second-order valence-electron chi connectivity index (χ2n) is 3.82. The molecule has 1 amide bonds. The van der Waals surface area contributed by atoms with Crippen molar-refractivity contribution in [2.45, 2.75) is 18.2 Å². The summed E-state index contributed by atoms with van der Waals surface area (Å²) in [6, 6.07) is 4.18. The summed E-state index contributed by atoms with van der Waals surface area (Å²) in [6.07, 6.45) is 0.327. The molecule has 0 aliphatic heterocycles.